The lowest BCUT2D eigenvalue weighted by Crippen LogP contribution is -2.42. The molecule has 1 saturated carbocycles. The Hall–Kier alpha value is -2.24. The van der Waals surface area contributed by atoms with Crippen molar-refractivity contribution in [1.29, 1.82) is 0 Å². The number of sulfonamides is 1. The van der Waals surface area contributed by atoms with E-state index in [9.17, 15) is 18.5 Å². The van der Waals surface area contributed by atoms with Gasteiger partial charge in [-0.1, -0.05) is 31.7 Å². The molecular weight excluding hydrogens is 410 g/mol. The third-order valence-corrected chi connectivity index (χ3v) is 6.28. The minimum Gasteiger partial charge on any atom is -0.376 e. The van der Waals surface area contributed by atoms with E-state index in [1.165, 1.54) is 43.9 Å². The molecule has 1 aromatic carbocycles. The minimum atomic E-state index is -3.83. The average molecular weight is 442 g/mol. The number of aliphatic imine (C=N–C) groups is 1. The molecule has 1 aliphatic rings. The summed E-state index contributed by atoms with van der Waals surface area (Å²) in [4.78, 5) is 14.1. The smallest absolute Gasteiger partial charge is 0.270 e. The molecule has 0 atom stereocenters. The van der Waals surface area contributed by atoms with Crippen LogP contribution in [0.15, 0.2) is 34.2 Å². The topological polar surface area (TPSA) is 135 Å². The van der Waals surface area contributed by atoms with Gasteiger partial charge in [0.15, 0.2) is 5.96 Å². The van der Waals surface area contributed by atoms with E-state index in [-0.39, 0.29) is 17.1 Å². The van der Waals surface area contributed by atoms with Gasteiger partial charge in [0.25, 0.3) is 5.69 Å². The Morgan fingerprint density at radius 2 is 1.87 bits per heavy atom. The van der Waals surface area contributed by atoms with Crippen molar-refractivity contribution >= 4 is 21.7 Å². The first-order chi connectivity index (χ1) is 14.4. The van der Waals surface area contributed by atoms with Crippen LogP contribution in [0.5, 0.6) is 0 Å². The van der Waals surface area contributed by atoms with Gasteiger partial charge in [0.05, 0.1) is 22.5 Å². The second kappa shape index (κ2) is 12.5. The fraction of sp³-hybridized carbons (Fsp3) is 0.632. The van der Waals surface area contributed by atoms with Crippen LogP contribution in [0.1, 0.15) is 38.5 Å². The molecular formula is C19H31N5O5S. The van der Waals surface area contributed by atoms with Crippen LogP contribution in [0.3, 0.4) is 0 Å². The molecule has 11 heteroatoms. The Morgan fingerprint density at radius 3 is 2.53 bits per heavy atom. The molecule has 1 fully saturated rings. The maximum absolute atomic E-state index is 12.3. The maximum Gasteiger partial charge on any atom is 0.270 e. The molecule has 168 valence electrons. The summed E-state index contributed by atoms with van der Waals surface area (Å²) in [6, 6.07) is 4.94. The third-order valence-electron chi connectivity index (χ3n) is 4.82. The van der Waals surface area contributed by atoms with Crippen LogP contribution in [0.25, 0.3) is 0 Å². The number of nitrogens with one attached hydrogen (secondary N) is 3. The highest BCUT2D eigenvalue weighted by Crippen LogP contribution is 2.19. The summed E-state index contributed by atoms with van der Waals surface area (Å²) in [6.07, 6.45) is 7.63. The fourth-order valence-corrected chi connectivity index (χ4v) is 4.31. The second-order valence-electron chi connectivity index (χ2n) is 7.06. The third kappa shape index (κ3) is 8.25. The maximum atomic E-state index is 12.3. The normalized spacial score (nSPS) is 16.1. The zero-order chi connectivity index (χ0) is 21.8. The summed E-state index contributed by atoms with van der Waals surface area (Å²) >= 11 is 0. The molecule has 10 nitrogen and oxygen atoms in total. The van der Waals surface area contributed by atoms with Gasteiger partial charge < -0.3 is 15.4 Å². The number of hydrogen-bond acceptors (Lipinski definition) is 6. The van der Waals surface area contributed by atoms with Gasteiger partial charge in [-0.2, -0.15) is 0 Å². The SMILES string of the molecule is CN=C(NCCNS(=O)(=O)c1cccc([N+](=O)[O-])c1)NCCOC1CCCCCC1. The summed E-state index contributed by atoms with van der Waals surface area (Å²) in [6.45, 7) is 1.60. The van der Waals surface area contributed by atoms with E-state index in [1.807, 2.05) is 0 Å². The number of ether oxygens (including phenoxy) is 1. The van der Waals surface area contributed by atoms with Crippen LogP contribution in [0.4, 0.5) is 5.69 Å². The number of nitro benzene ring substituents is 1. The van der Waals surface area contributed by atoms with Crippen LogP contribution in [0.2, 0.25) is 0 Å². The van der Waals surface area contributed by atoms with E-state index in [0.717, 1.165) is 18.9 Å². The molecule has 0 amide bonds. The van der Waals surface area contributed by atoms with Crippen molar-refractivity contribution < 1.29 is 18.1 Å². The Balaban J connectivity index is 1.67. The highest BCUT2D eigenvalue weighted by molar-refractivity contribution is 7.89. The number of guanidine groups is 1. The molecule has 0 saturated heterocycles. The molecule has 1 aromatic rings. The molecule has 3 N–H and O–H groups in total. The average Bonchev–Trinajstić information content (AvgIpc) is 3.01. The quantitative estimate of drug-likeness (QED) is 0.126. The Labute approximate surface area is 177 Å². The predicted molar refractivity (Wildman–Crippen MR) is 115 cm³/mol. The van der Waals surface area contributed by atoms with E-state index in [2.05, 4.69) is 20.3 Å². The summed E-state index contributed by atoms with van der Waals surface area (Å²) in [7, 11) is -2.20. The minimum absolute atomic E-state index is 0.101. The lowest BCUT2D eigenvalue weighted by atomic mass is 10.1. The van der Waals surface area contributed by atoms with Gasteiger partial charge in [0, 0.05) is 38.8 Å². The van der Waals surface area contributed by atoms with Crippen molar-refractivity contribution in [2.75, 3.05) is 33.3 Å². The summed E-state index contributed by atoms with van der Waals surface area (Å²) in [5.41, 5.74) is -0.272. The largest absolute Gasteiger partial charge is 0.376 e. The van der Waals surface area contributed by atoms with Crippen molar-refractivity contribution in [3.8, 4) is 0 Å². The van der Waals surface area contributed by atoms with Gasteiger partial charge in [-0.3, -0.25) is 15.1 Å². The highest BCUT2D eigenvalue weighted by Gasteiger charge is 2.17. The van der Waals surface area contributed by atoms with Crippen LogP contribution in [-0.4, -0.2) is 58.7 Å². The van der Waals surface area contributed by atoms with E-state index >= 15 is 0 Å². The number of benzene rings is 1. The molecule has 2 rings (SSSR count). The van der Waals surface area contributed by atoms with E-state index < -0.39 is 14.9 Å². The Kier molecular flexibility index (Phi) is 9.98. The first kappa shape index (κ1) is 24.0. The van der Waals surface area contributed by atoms with Crippen molar-refractivity contribution in [3.05, 3.63) is 34.4 Å². The summed E-state index contributed by atoms with van der Waals surface area (Å²) in [5, 5.41) is 17.0. The first-order valence-electron chi connectivity index (χ1n) is 10.2. The van der Waals surface area contributed by atoms with Gasteiger partial charge >= 0.3 is 0 Å². The molecule has 1 aliphatic carbocycles. The van der Waals surface area contributed by atoms with Gasteiger partial charge in [-0.05, 0) is 18.9 Å². The van der Waals surface area contributed by atoms with E-state index in [0.29, 0.717) is 31.8 Å². The molecule has 0 spiro atoms. The molecule has 0 bridgehead atoms. The van der Waals surface area contributed by atoms with E-state index in [1.54, 1.807) is 7.05 Å². The van der Waals surface area contributed by atoms with Crippen LogP contribution in [-0.2, 0) is 14.8 Å². The number of hydrogen-bond donors (Lipinski definition) is 3. The molecule has 0 radical (unpaired) electrons. The lowest BCUT2D eigenvalue weighted by molar-refractivity contribution is -0.385. The zero-order valence-corrected chi connectivity index (χ0v) is 18.1. The number of non-ortho nitro benzene ring substituents is 1. The van der Waals surface area contributed by atoms with Crippen LogP contribution >= 0.6 is 0 Å². The number of rotatable bonds is 10. The Bertz CT molecular complexity index is 807. The summed E-state index contributed by atoms with van der Waals surface area (Å²) < 4.78 is 32.9. The zero-order valence-electron chi connectivity index (χ0n) is 17.3. The Morgan fingerprint density at radius 1 is 1.17 bits per heavy atom. The van der Waals surface area contributed by atoms with Crippen molar-refractivity contribution in [2.24, 2.45) is 4.99 Å². The van der Waals surface area contributed by atoms with Gasteiger partial charge in [-0.25, -0.2) is 13.1 Å². The van der Waals surface area contributed by atoms with Crippen molar-refractivity contribution in [1.82, 2.24) is 15.4 Å². The predicted octanol–water partition coefficient (Wildman–Crippen LogP) is 1.78. The highest BCUT2D eigenvalue weighted by atomic mass is 32.2. The number of nitrogens with zero attached hydrogens (tertiary/aromatic N) is 2. The van der Waals surface area contributed by atoms with Crippen molar-refractivity contribution in [3.63, 3.8) is 0 Å². The molecule has 30 heavy (non-hydrogen) atoms. The second-order valence-corrected chi connectivity index (χ2v) is 8.83. The van der Waals surface area contributed by atoms with Gasteiger partial charge in [-0.15, -0.1) is 0 Å². The molecule has 0 aliphatic heterocycles. The van der Waals surface area contributed by atoms with Crippen LogP contribution < -0.4 is 15.4 Å². The molecule has 0 aromatic heterocycles. The molecule has 0 heterocycles. The number of nitro groups is 1. The fourth-order valence-electron chi connectivity index (χ4n) is 3.24. The lowest BCUT2D eigenvalue weighted by Gasteiger charge is -2.17. The van der Waals surface area contributed by atoms with Crippen molar-refractivity contribution in [2.45, 2.75) is 49.5 Å². The van der Waals surface area contributed by atoms with Crippen LogP contribution in [0, 0.1) is 10.1 Å². The monoisotopic (exact) mass is 441 g/mol. The first-order valence-corrected chi connectivity index (χ1v) is 11.7. The van der Waals surface area contributed by atoms with Gasteiger partial charge in [0.2, 0.25) is 10.0 Å². The summed E-state index contributed by atoms with van der Waals surface area (Å²) in [5.74, 6) is 0.550. The van der Waals surface area contributed by atoms with E-state index in [4.69, 9.17) is 4.74 Å². The van der Waals surface area contributed by atoms with Gasteiger partial charge in [0.1, 0.15) is 0 Å². The molecule has 0 unspecified atom stereocenters. The standard InChI is InChI=1S/C19H31N5O5S/c1-20-19(22-13-14-29-17-8-4-2-3-5-9-17)21-11-12-23-30(27,28)18-10-6-7-16(15-18)24(25)26/h6-7,10,15,17,23H,2-5,8-9,11-14H2,1H3,(H2,20,21,22).